The molecule has 0 N–H and O–H groups in total. The third kappa shape index (κ3) is 2.56. The molecule has 1 aliphatic rings. The number of rotatable bonds is 4. The van der Waals surface area contributed by atoms with Crippen LogP contribution in [0.4, 0.5) is 0 Å². The highest BCUT2D eigenvalue weighted by Crippen LogP contribution is 2.32. The van der Waals surface area contributed by atoms with Crippen molar-refractivity contribution in [1.29, 1.82) is 0 Å². The molecule has 1 saturated carbocycles. The van der Waals surface area contributed by atoms with Crippen LogP contribution in [0.2, 0.25) is 0 Å². The van der Waals surface area contributed by atoms with Gasteiger partial charge in [0.25, 0.3) is 5.91 Å². The standard InChI is InChI=1S/C11H15IN2O2/c1-7-9(12)10(13-16-7)11(15)14(2)6-5-8-3-4-8/h8H,3-6H2,1-2H3. The van der Waals surface area contributed by atoms with E-state index in [1.54, 1.807) is 4.90 Å². The molecular weight excluding hydrogens is 319 g/mol. The number of hydrogen-bond acceptors (Lipinski definition) is 3. The highest BCUT2D eigenvalue weighted by molar-refractivity contribution is 14.1. The Morgan fingerprint density at radius 1 is 1.62 bits per heavy atom. The van der Waals surface area contributed by atoms with Crippen LogP contribution < -0.4 is 0 Å². The number of carbonyl (C=O) groups is 1. The largest absolute Gasteiger partial charge is 0.360 e. The Balaban J connectivity index is 1.97. The van der Waals surface area contributed by atoms with Crippen molar-refractivity contribution in [3.05, 3.63) is 15.0 Å². The number of hydrogen-bond donors (Lipinski definition) is 0. The number of amides is 1. The lowest BCUT2D eigenvalue weighted by molar-refractivity contribution is 0.0780. The molecule has 0 aromatic carbocycles. The molecule has 1 aromatic heterocycles. The normalized spacial score (nSPS) is 15.2. The van der Waals surface area contributed by atoms with Crippen LogP contribution in [-0.4, -0.2) is 29.6 Å². The van der Waals surface area contributed by atoms with Gasteiger partial charge in [-0.05, 0) is 41.9 Å². The zero-order valence-corrected chi connectivity index (χ0v) is 11.7. The van der Waals surface area contributed by atoms with E-state index in [1.807, 2.05) is 14.0 Å². The van der Waals surface area contributed by atoms with Gasteiger partial charge in [-0.1, -0.05) is 18.0 Å². The highest BCUT2D eigenvalue weighted by atomic mass is 127. The maximum absolute atomic E-state index is 12.0. The summed E-state index contributed by atoms with van der Waals surface area (Å²) in [5, 5.41) is 3.81. The number of aryl methyl sites for hydroxylation is 1. The monoisotopic (exact) mass is 334 g/mol. The summed E-state index contributed by atoms with van der Waals surface area (Å²) >= 11 is 2.10. The van der Waals surface area contributed by atoms with Crippen LogP contribution in [0, 0.1) is 16.4 Å². The molecule has 1 aromatic rings. The van der Waals surface area contributed by atoms with Crippen molar-refractivity contribution in [3.8, 4) is 0 Å². The van der Waals surface area contributed by atoms with Crippen molar-refractivity contribution in [2.24, 2.45) is 5.92 Å². The summed E-state index contributed by atoms with van der Waals surface area (Å²) in [7, 11) is 1.82. The van der Waals surface area contributed by atoms with E-state index in [4.69, 9.17) is 4.52 Å². The fraction of sp³-hybridized carbons (Fsp3) is 0.636. The van der Waals surface area contributed by atoms with Crippen molar-refractivity contribution in [2.75, 3.05) is 13.6 Å². The van der Waals surface area contributed by atoms with Gasteiger partial charge in [-0.2, -0.15) is 0 Å². The summed E-state index contributed by atoms with van der Waals surface area (Å²) < 4.78 is 5.82. The summed E-state index contributed by atoms with van der Waals surface area (Å²) in [4.78, 5) is 13.7. The minimum absolute atomic E-state index is 0.0399. The van der Waals surface area contributed by atoms with E-state index in [9.17, 15) is 4.79 Å². The van der Waals surface area contributed by atoms with Crippen LogP contribution in [0.1, 0.15) is 35.5 Å². The van der Waals surface area contributed by atoms with E-state index in [1.165, 1.54) is 12.8 Å². The Morgan fingerprint density at radius 2 is 2.31 bits per heavy atom. The molecule has 0 spiro atoms. The number of halogens is 1. The highest BCUT2D eigenvalue weighted by Gasteiger charge is 2.25. The zero-order valence-electron chi connectivity index (χ0n) is 9.49. The molecular formula is C11H15IN2O2. The molecule has 16 heavy (non-hydrogen) atoms. The first-order valence-electron chi connectivity index (χ1n) is 5.47. The van der Waals surface area contributed by atoms with E-state index in [2.05, 4.69) is 27.7 Å². The Labute approximate surface area is 108 Å². The maximum Gasteiger partial charge on any atom is 0.276 e. The number of carbonyl (C=O) groups excluding carboxylic acids is 1. The molecule has 5 heteroatoms. The second-order valence-corrected chi connectivity index (χ2v) is 5.44. The van der Waals surface area contributed by atoms with Gasteiger partial charge in [0.05, 0.1) is 3.57 Å². The second kappa shape index (κ2) is 4.73. The van der Waals surface area contributed by atoms with Crippen LogP contribution in [0.3, 0.4) is 0 Å². The van der Waals surface area contributed by atoms with E-state index < -0.39 is 0 Å². The summed E-state index contributed by atoms with van der Waals surface area (Å²) in [5.74, 6) is 1.51. The first-order valence-corrected chi connectivity index (χ1v) is 6.54. The smallest absolute Gasteiger partial charge is 0.276 e. The average molecular weight is 334 g/mol. The van der Waals surface area contributed by atoms with Crippen molar-refractivity contribution in [1.82, 2.24) is 10.1 Å². The lowest BCUT2D eigenvalue weighted by atomic mass is 10.2. The number of aromatic nitrogens is 1. The fourth-order valence-corrected chi connectivity index (χ4v) is 1.99. The maximum atomic E-state index is 12.0. The van der Waals surface area contributed by atoms with E-state index in [0.717, 1.165) is 22.5 Å². The molecule has 0 bridgehead atoms. The topological polar surface area (TPSA) is 46.3 Å². The molecule has 1 amide bonds. The van der Waals surface area contributed by atoms with Gasteiger partial charge >= 0.3 is 0 Å². The minimum Gasteiger partial charge on any atom is -0.360 e. The van der Waals surface area contributed by atoms with E-state index in [0.29, 0.717) is 11.5 Å². The molecule has 0 atom stereocenters. The first kappa shape index (κ1) is 11.9. The molecule has 0 radical (unpaired) electrons. The van der Waals surface area contributed by atoms with Crippen LogP contribution in [0.25, 0.3) is 0 Å². The Bertz CT molecular complexity index is 399. The van der Waals surface area contributed by atoms with Crippen LogP contribution in [0.5, 0.6) is 0 Å². The zero-order chi connectivity index (χ0) is 11.7. The third-order valence-electron chi connectivity index (χ3n) is 2.91. The molecule has 88 valence electrons. The van der Waals surface area contributed by atoms with Crippen molar-refractivity contribution in [3.63, 3.8) is 0 Å². The van der Waals surface area contributed by atoms with Gasteiger partial charge in [0.2, 0.25) is 0 Å². The lowest BCUT2D eigenvalue weighted by Crippen LogP contribution is -2.28. The summed E-state index contributed by atoms with van der Waals surface area (Å²) in [6, 6.07) is 0. The van der Waals surface area contributed by atoms with Gasteiger partial charge < -0.3 is 9.42 Å². The molecule has 4 nitrogen and oxygen atoms in total. The van der Waals surface area contributed by atoms with Crippen LogP contribution in [0.15, 0.2) is 4.52 Å². The van der Waals surface area contributed by atoms with E-state index >= 15 is 0 Å². The molecule has 0 aliphatic heterocycles. The summed E-state index contributed by atoms with van der Waals surface area (Å²) in [5.41, 5.74) is 0.441. The van der Waals surface area contributed by atoms with Gasteiger partial charge in [-0.15, -0.1) is 0 Å². The van der Waals surface area contributed by atoms with Gasteiger partial charge in [-0.3, -0.25) is 4.79 Å². The van der Waals surface area contributed by atoms with Crippen LogP contribution >= 0.6 is 22.6 Å². The van der Waals surface area contributed by atoms with E-state index in [-0.39, 0.29) is 5.91 Å². The molecule has 1 aliphatic carbocycles. The molecule has 1 fully saturated rings. The van der Waals surface area contributed by atoms with Crippen LogP contribution in [-0.2, 0) is 0 Å². The predicted octanol–water partition coefficient (Wildman–Crippen LogP) is 2.46. The van der Waals surface area contributed by atoms with Gasteiger partial charge in [0.15, 0.2) is 5.69 Å². The Hall–Kier alpha value is -0.590. The molecule has 2 rings (SSSR count). The van der Waals surface area contributed by atoms with Gasteiger partial charge in [-0.25, -0.2) is 0 Å². The quantitative estimate of drug-likeness (QED) is 0.795. The molecule has 0 unspecified atom stereocenters. The number of nitrogens with zero attached hydrogens (tertiary/aromatic N) is 2. The van der Waals surface area contributed by atoms with Crippen molar-refractivity contribution in [2.45, 2.75) is 26.2 Å². The second-order valence-electron chi connectivity index (χ2n) is 4.36. The fourth-order valence-electron chi connectivity index (χ4n) is 1.56. The first-order chi connectivity index (χ1) is 7.59. The summed E-state index contributed by atoms with van der Waals surface area (Å²) in [6.45, 7) is 2.63. The third-order valence-corrected chi connectivity index (χ3v) is 4.18. The average Bonchev–Trinajstić information content (AvgIpc) is 3.03. The van der Waals surface area contributed by atoms with Gasteiger partial charge in [0, 0.05) is 13.6 Å². The SMILES string of the molecule is Cc1onc(C(=O)N(C)CCC2CC2)c1I. The Morgan fingerprint density at radius 3 is 2.81 bits per heavy atom. The minimum atomic E-state index is -0.0399. The predicted molar refractivity (Wildman–Crippen MR) is 68.3 cm³/mol. The summed E-state index contributed by atoms with van der Waals surface area (Å²) in [6.07, 6.45) is 3.75. The molecule has 1 heterocycles. The van der Waals surface area contributed by atoms with Crippen molar-refractivity contribution >= 4 is 28.5 Å². The lowest BCUT2D eigenvalue weighted by Gasteiger charge is -2.15. The van der Waals surface area contributed by atoms with Gasteiger partial charge in [0.1, 0.15) is 5.76 Å². The van der Waals surface area contributed by atoms with Crippen molar-refractivity contribution < 1.29 is 9.32 Å². The Kier molecular flexibility index (Phi) is 3.51. The molecule has 0 saturated heterocycles.